The summed E-state index contributed by atoms with van der Waals surface area (Å²) >= 11 is 0. The highest BCUT2D eigenvalue weighted by Gasteiger charge is 2.46. The number of rotatable bonds is 7. The first-order valence-electron chi connectivity index (χ1n) is 12.0. The minimum atomic E-state index is -0.788. The van der Waals surface area contributed by atoms with Gasteiger partial charge in [0.2, 0.25) is 0 Å². The molecule has 1 fully saturated rings. The van der Waals surface area contributed by atoms with E-state index in [4.69, 9.17) is 14.2 Å². The van der Waals surface area contributed by atoms with Gasteiger partial charge < -0.3 is 24.2 Å². The highest BCUT2D eigenvalue weighted by Crippen LogP contribution is 2.42. The number of ether oxygens (including phenoxy) is 3. The molecule has 5 rings (SSSR count). The Morgan fingerprint density at radius 1 is 0.972 bits per heavy atom. The van der Waals surface area contributed by atoms with Crippen molar-refractivity contribution in [1.29, 1.82) is 0 Å². The van der Waals surface area contributed by atoms with E-state index in [1.807, 2.05) is 61.5 Å². The average Bonchev–Trinajstić information content (AvgIpc) is 3.17. The van der Waals surface area contributed by atoms with Crippen LogP contribution in [-0.2, 0) is 16.1 Å². The molecule has 2 aliphatic heterocycles. The summed E-state index contributed by atoms with van der Waals surface area (Å²) in [6.07, 6.45) is 0.848. The maximum Gasteiger partial charge on any atom is 0.295 e. The van der Waals surface area contributed by atoms with Gasteiger partial charge in [0, 0.05) is 12.1 Å². The highest BCUT2D eigenvalue weighted by molar-refractivity contribution is 6.46. The first-order valence-corrected chi connectivity index (χ1v) is 12.0. The normalized spacial score (nSPS) is 18.4. The lowest BCUT2D eigenvalue weighted by Crippen LogP contribution is -2.29. The third kappa shape index (κ3) is 4.52. The SMILES string of the molecule is CCCOc1cccc([C@H]2C(=C(O)c3ccc4c(c3)OCCO4)C(=O)C(=O)N2Cc2ccccc2)c1. The predicted octanol–water partition coefficient (Wildman–Crippen LogP) is 4.87. The lowest BCUT2D eigenvalue weighted by Gasteiger charge is -2.26. The molecule has 3 aromatic carbocycles. The molecule has 0 bridgehead atoms. The van der Waals surface area contributed by atoms with E-state index in [1.54, 1.807) is 18.2 Å². The standard InChI is InChI=1S/C29H27NO6/c1-2-13-34-22-10-6-9-20(16-22)26-25(27(31)21-11-12-23-24(17-21)36-15-14-35-23)28(32)29(33)30(26)18-19-7-4-3-5-8-19/h3-12,16-17,26,31H,2,13-15,18H2,1H3/t26-/m0/s1. The maximum absolute atomic E-state index is 13.4. The van der Waals surface area contributed by atoms with Crippen molar-refractivity contribution < 1.29 is 28.9 Å². The zero-order valence-corrected chi connectivity index (χ0v) is 20.0. The molecule has 3 aromatic rings. The Bertz CT molecular complexity index is 1320. The van der Waals surface area contributed by atoms with Crippen LogP contribution in [0.1, 0.15) is 36.1 Å². The van der Waals surface area contributed by atoms with Gasteiger partial charge in [0.15, 0.2) is 11.5 Å². The summed E-state index contributed by atoms with van der Waals surface area (Å²) in [7, 11) is 0. The zero-order valence-electron chi connectivity index (χ0n) is 20.0. The maximum atomic E-state index is 13.4. The lowest BCUT2D eigenvalue weighted by atomic mass is 9.94. The summed E-state index contributed by atoms with van der Waals surface area (Å²) in [6.45, 7) is 3.62. The van der Waals surface area contributed by atoms with Crippen LogP contribution in [0.4, 0.5) is 0 Å². The third-order valence-corrected chi connectivity index (χ3v) is 6.20. The number of aliphatic hydroxyl groups is 1. The van der Waals surface area contributed by atoms with Crippen LogP contribution < -0.4 is 14.2 Å². The Morgan fingerprint density at radius 2 is 1.75 bits per heavy atom. The number of fused-ring (bicyclic) bond motifs is 1. The number of likely N-dealkylation sites (tertiary alicyclic amines) is 1. The van der Waals surface area contributed by atoms with E-state index >= 15 is 0 Å². The number of ketones is 1. The molecule has 0 saturated carbocycles. The van der Waals surface area contributed by atoms with Gasteiger partial charge in [-0.05, 0) is 47.9 Å². The smallest absolute Gasteiger partial charge is 0.295 e. The number of benzene rings is 3. The van der Waals surface area contributed by atoms with Gasteiger partial charge in [-0.1, -0.05) is 49.4 Å². The molecule has 36 heavy (non-hydrogen) atoms. The van der Waals surface area contributed by atoms with Crippen molar-refractivity contribution in [3.8, 4) is 17.2 Å². The van der Waals surface area contributed by atoms with Crippen LogP contribution in [0, 0.1) is 0 Å². The second-order valence-electron chi connectivity index (χ2n) is 8.69. The monoisotopic (exact) mass is 485 g/mol. The van der Waals surface area contributed by atoms with Gasteiger partial charge in [-0.3, -0.25) is 9.59 Å². The topological polar surface area (TPSA) is 85.3 Å². The highest BCUT2D eigenvalue weighted by atomic mass is 16.6. The number of hydrogen-bond acceptors (Lipinski definition) is 6. The Hall–Kier alpha value is -4.26. The van der Waals surface area contributed by atoms with Crippen LogP contribution in [0.3, 0.4) is 0 Å². The number of amides is 1. The van der Waals surface area contributed by atoms with E-state index in [-0.39, 0.29) is 17.9 Å². The molecule has 0 aliphatic carbocycles. The number of carbonyl (C=O) groups is 2. The second-order valence-corrected chi connectivity index (χ2v) is 8.69. The predicted molar refractivity (Wildman–Crippen MR) is 134 cm³/mol. The second kappa shape index (κ2) is 10.2. The quantitative estimate of drug-likeness (QED) is 0.292. The van der Waals surface area contributed by atoms with Crippen molar-refractivity contribution in [1.82, 2.24) is 4.90 Å². The zero-order chi connectivity index (χ0) is 25.1. The van der Waals surface area contributed by atoms with E-state index in [0.717, 1.165) is 12.0 Å². The first-order chi connectivity index (χ1) is 17.6. The van der Waals surface area contributed by atoms with Crippen molar-refractivity contribution in [2.24, 2.45) is 0 Å². The molecule has 184 valence electrons. The Morgan fingerprint density at radius 3 is 2.53 bits per heavy atom. The summed E-state index contributed by atoms with van der Waals surface area (Å²) in [5.41, 5.74) is 1.96. The third-order valence-electron chi connectivity index (χ3n) is 6.20. The van der Waals surface area contributed by atoms with Crippen molar-refractivity contribution in [2.75, 3.05) is 19.8 Å². The van der Waals surface area contributed by atoms with Crippen LogP contribution in [-0.4, -0.2) is 41.5 Å². The summed E-state index contributed by atoms with van der Waals surface area (Å²) in [5, 5.41) is 11.4. The molecule has 1 saturated heterocycles. The summed E-state index contributed by atoms with van der Waals surface area (Å²) < 4.78 is 17.0. The van der Waals surface area contributed by atoms with Crippen molar-refractivity contribution in [2.45, 2.75) is 25.9 Å². The fourth-order valence-corrected chi connectivity index (χ4v) is 4.51. The molecule has 2 aliphatic rings. The lowest BCUT2D eigenvalue weighted by molar-refractivity contribution is -0.140. The van der Waals surface area contributed by atoms with Crippen LogP contribution in [0.5, 0.6) is 17.2 Å². The van der Waals surface area contributed by atoms with Crippen LogP contribution in [0.2, 0.25) is 0 Å². The summed E-state index contributed by atoms with van der Waals surface area (Å²) in [5.74, 6) is 0.0331. The molecule has 1 amide bonds. The van der Waals surface area contributed by atoms with E-state index in [0.29, 0.717) is 48.2 Å². The summed E-state index contributed by atoms with van der Waals surface area (Å²) in [6, 6.07) is 21.0. The molecular formula is C29H27NO6. The van der Waals surface area contributed by atoms with Gasteiger partial charge in [0.1, 0.15) is 24.7 Å². The number of aliphatic hydroxyl groups excluding tert-OH is 1. The first kappa shape index (κ1) is 23.5. The summed E-state index contributed by atoms with van der Waals surface area (Å²) in [4.78, 5) is 28.1. The Labute approximate surface area is 209 Å². The molecule has 0 unspecified atom stereocenters. The fraction of sp³-hybridized carbons (Fsp3) is 0.241. The van der Waals surface area contributed by atoms with E-state index in [9.17, 15) is 14.7 Å². The largest absolute Gasteiger partial charge is 0.507 e. The van der Waals surface area contributed by atoms with Crippen molar-refractivity contribution >= 4 is 17.4 Å². The van der Waals surface area contributed by atoms with Gasteiger partial charge in [-0.2, -0.15) is 0 Å². The minimum Gasteiger partial charge on any atom is -0.507 e. The molecule has 2 heterocycles. The molecule has 1 N–H and O–H groups in total. The van der Waals surface area contributed by atoms with E-state index < -0.39 is 17.7 Å². The van der Waals surface area contributed by atoms with E-state index in [2.05, 4.69) is 0 Å². The molecule has 7 nitrogen and oxygen atoms in total. The minimum absolute atomic E-state index is 0.0280. The number of nitrogens with zero attached hydrogens (tertiary/aromatic N) is 1. The number of carbonyl (C=O) groups excluding carboxylic acids is 2. The van der Waals surface area contributed by atoms with Crippen LogP contribution in [0.25, 0.3) is 5.76 Å². The van der Waals surface area contributed by atoms with Gasteiger partial charge in [-0.15, -0.1) is 0 Å². The Kier molecular flexibility index (Phi) is 6.62. The van der Waals surface area contributed by atoms with Crippen LogP contribution >= 0.6 is 0 Å². The molecule has 0 spiro atoms. The van der Waals surface area contributed by atoms with Gasteiger partial charge in [-0.25, -0.2) is 0 Å². The fourth-order valence-electron chi connectivity index (χ4n) is 4.51. The Balaban J connectivity index is 1.62. The molecule has 0 radical (unpaired) electrons. The van der Waals surface area contributed by atoms with Gasteiger partial charge in [0.05, 0.1) is 18.2 Å². The molecule has 7 heteroatoms. The number of Topliss-reactive ketones (excluding diaryl/α,β-unsaturated/α-hetero) is 1. The van der Waals surface area contributed by atoms with Crippen LogP contribution in [0.15, 0.2) is 78.4 Å². The average molecular weight is 486 g/mol. The molecule has 1 atom stereocenters. The van der Waals surface area contributed by atoms with E-state index in [1.165, 1.54) is 4.90 Å². The van der Waals surface area contributed by atoms with Gasteiger partial charge in [0.25, 0.3) is 11.7 Å². The van der Waals surface area contributed by atoms with Gasteiger partial charge >= 0.3 is 0 Å². The number of hydrogen-bond donors (Lipinski definition) is 1. The van der Waals surface area contributed by atoms with Crippen molar-refractivity contribution in [3.05, 3.63) is 95.1 Å². The molecular weight excluding hydrogens is 458 g/mol. The molecule has 0 aromatic heterocycles. The van der Waals surface area contributed by atoms with Crippen molar-refractivity contribution in [3.63, 3.8) is 0 Å².